The highest BCUT2D eigenvalue weighted by atomic mass is 35.5. The van der Waals surface area contributed by atoms with Gasteiger partial charge in [0.1, 0.15) is 11.9 Å². The standard InChI is InChI=1S/C22H21ClFN5O/c1-13(2)11-19(30)26-21-27-22-25-17(14-7-4-3-5-8-14)12-18(29(22)28-21)20-15(23)9-6-10-16(20)24/h3-10,12-13,18H,11H2,1-2H3,(H2,25,26,27,28,30)/t18-/m0/s1. The number of hydrogen-bond acceptors (Lipinski definition) is 4. The number of anilines is 2. The number of amides is 1. The highest BCUT2D eigenvalue weighted by molar-refractivity contribution is 6.31. The summed E-state index contributed by atoms with van der Waals surface area (Å²) in [5, 5.41) is 10.6. The molecule has 4 rings (SSSR count). The number of hydrogen-bond donors (Lipinski definition) is 2. The molecule has 1 aliphatic heterocycles. The molecular weight excluding hydrogens is 405 g/mol. The molecule has 1 aliphatic rings. The molecule has 2 N–H and O–H groups in total. The summed E-state index contributed by atoms with van der Waals surface area (Å²) in [7, 11) is 0. The zero-order chi connectivity index (χ0) is 21.3. The molecule has 0 unspecified atom stereocenters. The SMILES string of the molecule is CC(C)CC(=O)Nc1nc2n(n1)[C@H](c1c(F)cccc1Cl)C=C(c1ccccc1)N2. The molecule has 2 heterocycles. The van der Waals surface area contributed by atoms with E-state index in [9.17, 15) is 9.18 Å². The van der Waals surface area contributed by atoms with Crippen molar-refractivity contribution in [3.05, 3.63) is 76.6 Å². The van der Waals surface area contributed by atoms with Gasteiger partial charge in [-0.25, -0.2) is 9.07 Å². The van der Waals surface area contributed by atoms with Gasteiger partial charge in [0.2, 0.25) is 11.9 Å². The van der Waals surface area contributed by atoms with Crippen molar-refractivity contribution < 1.29 is 9.18 Å². The largest absolute Gasteiger partial charge is 0.324 e. The Labute approximate surface area is 178 Å². The van der Waals surface area contributed by atoms with Gasteiger partial charge >= 0.3 is 0 Å². The maximum absolute atomic E-state index is 14.8. The molecule has 154 valence electrons. The van der Waals surface area contributed by atoms with Gasteiger partial charge in [0.15, 0.2) is 0 Å². The first kappa shape index (κ1) is 20.1. The molecule has 30 heavy (non-hydrogen) atoms. The van der Waals surface area contributed by atoms with Crippen LogP contribution < -0.4 is 10.6 Å². The second kappa shape index (κ2) is 8.28. The van der Waals surface area contributed by atoms with Crippen LogP contribution in [0, 0.1) is 11.7 Å². The Kier molecular flexibility index (Phi) is 5.55. The van der Waals surface area contributed by atoms with Gasteiger partial charge in [-0.2, -0.15) is 4.98 Å². The van der Waals surface area contributed by atoms with Crippen LogP contribution in [0.1, 0.15) is 37.4 Å². The quantitative estimate of drug-likeness (QED) is 0.595. The van der Waals surface area contributed by atoms with Gasteiger partial charge in [-0.05, 0) is 29.7 Å². The first-order chi connectivity index (χ1) is 14.4. The number of benzene rings is 2. The van der Waals surface area contributed by atoms with Gasteiger partial charge < -0.3 is 5.32 Å². The van der Waals surface area contributed by atoms with Crippen molar-refractivity contribution in [3.8, 4) is 0 Å². The molecular formula is C22H21ClFN5O. The summed E-state index contributed by atoms with van der Waals surface area (Å²) in [6.07, 6.45) is 2.20. The van der Waals surface area contributed by atoms with E-state index < -0.39 is 11.9 Å². The van der Waals surface area contributed by atoms with Gasteiger partial charge in [-0.15, -0.1) is 5.10 Å². The second-order valence-corrected chi connectivity index (χ2v) is 7.91. The molecule has 1 aromatic heterocycles. The Hall–Kier alpha value is -3.19. The number of allylic oxidation sites excluding steroid dienone is 1. The van der Waals surface area contributed by atoms with Gasteiger partial charge in [0, 0.05) is 22.7 Å². The van der Waals surface area contributed by atoms with E-state index in [-0.39, 0.29) is 22.8 Å². The summed E-state index contributed by atoms with van der Waals surface area (Å²) in [4.78, 5) is 16.6. The van der Waals surface area contributed by atoms with Crippen molar-refractivity contribution in [3.63, 3.8) is 0 Å². The lowest BCUT2D eigenvalue weighted by Gasteiger charge is -2.25. The lowest BCUT2D eigenvalue weighted by atomic mass is 10.0. The van der Waals surface area contributed by atoms with Crippen molar-refractivity contribution in [2.75, 3.05) is 10.6 Å². The molecule has 0 bridgehead atoms. The number of fused-ring (bicyclic) bond motifs is 1. The van der Waals surface area contributed by atoms with Crippen molar-refractivity contribution in [2.45, 2.75) is 26.3 Å². The minimum Gasteiger partial charge on any atom is -0.324 e. The van der Waals surface area contributed by atoms with E-state index in [2.05, 4.69) is 20.7 Å². The Balaban J connectivity index is 1.77. The summed E-state index contributed by atoms with van der Waals surface area (Å²) in [6.45, 7) is 3.91. The molecule has 0 spiro atoms. The molecule has 1 amide bonds. The fraction of sp³-hybridized carbons (Fsp3) is 0.227. The molecule has 3 aromatic rings. The molecule has 8 heteroatoms. The van der Waals surface area contributed by atoms with E-state index in [0.29, 0.717) is 17.9 Å². The molecule has 0 saturated heterocycles. The lowest BCUT2D eigenvalue weighted by molar-refractivity contribution is -0.116. The van der Waals surface area contributed by atoms with Crippen molar-refractivity contribution in [1.82, 2.24) is 14.8 Å². The summed E-state index contributed by atoms with van der Waals surface area (Å²) in [5.41, 5.74) is 1.95. The third kappa shape index (κ3) is 4.07. The molecule has 0 aliphatic carbocycles. The van der Waals surface area contributed by atoms with Crippen LogP contribution in [0.3, 0.4) is 0 Å². The molecule has 2 aromatic carbocycles. The smallest absolute Gasteiger partial charge is 0.250 e. The summed E-state index contributed by atoms with van der Waals surface area (Å²) in [6, 6.07) is 13.6. The van der Waals surface area contributed by atoms with Crippen molar-refractivity contribution in [1.29, 1.82) is 0 Å². The Morgan fingerprint density at radius 2 is 2.00 bits per heavy atom. The minimum absolute atomic E-state index is 0.156. The van der Waals surface area contributed by atoms with Gasteiger partial charge in [-0.1, -0.05) is 61.8 Å². The molecule has 6 nitrogen and oxygen atoms in total. The van der Waals surface area contributed by atoms with Crippen molar-refractivity contribution >= 4 is 35.1 Å². The average Bonchev–Trinajstić information content (AvgIpc) is 3.10. The molecule has 0 radical (unpaired) electrons. The maximum atomic E-state index is 14.8. The zero-order valence-electron chi connectivity index (χ0n) is 16.6. The van der Waals surface area contributed by atoms with Crippen LogP contribution in [-0.2, 0) is 4.79 Å². The van der Waals surface area contributed by atoms with Crippen LogP contribution >= 0.6 is 11.6 Å². The second-order valence-electron chi connectivity index (χ2n) is 7.50. The first-order valence-electron chi connectivity index (χ1n) is 9.67. The molecule has 1 atom stereocenters. The third-order valence-electron chi connectivity index (χ3n) is 4.69. The van der Waals surface area contributed by atoms with Crippen LogP contribution in [-0.4, -0.2) is 20.7 Å². The van der Waals surface area contributed by atoms with E-state index in [1.54, 1.807) is 12.1 Å². The van der Waals surface area contributed by atoms with E-state index in [1.165, 1.54) is 10.7 Å². The number of nitrogens with zero attached hydrogens (tertiary/aromatic N) is 3. The van der Waals surface area contributed by atoms with E-state index in [1.807, 2.05) is 50.3 Å². The summed E-state index contributed by atoms with van der Waals surface area (Å²) < 4.78 is 16.3. The van der Waals surface area contributed by atoms with E-state index >= 15 is 0 Å². The van der Waals surface area contributed by atoms with Crippen LogP contribution in [0.5, 0.6) is 0 Å². The fourth-order valence-corrected chi connectivity index (χ4v) is 3.65. The van der Waals surface area contributed by atoms with Crippen LogP contribution in [0.15, 0.2) is 54.6 Å². The number of rotatable bonds is 5. The normalized spacial score (nSPS) is 15.4. The highest BCUT2D eigenvalue weighted by Gasteiger charge is 2.29. The predicted molar refractivity (Wildman–Crippen MR) is 116 cm³/mol. The number of nitrogens with one attached hydrogen (secondary N) is 2. The Morgan fingerprint density at radius 3 is 2.70 bits per heavy atom. The van der Waals surface area contributed by atoms with Crippen LogP contribution in [0.2, 0.25) is 5.02 Å². The monoisotopic (exact) mass is 425 g/mol. The number of carbonyl (C=O) groups is 1. The molecule has 0 fully saturated rings. The van der Waals surface area contributed by atoms with Crippen LogP contribution in [0.25, 0.3) is 5.70 Å². The fourth-order valence-electron chi connectivity index (χ4n) is 3.38. The predicted octanol–water partition coefficient (Wildman–Crippen LogP) is 5.11. The Bertz CT molecular complexity index is 1090. The van der Waals surface area contributed by atoms with E-state index in [4.69, 9.17) is 11.6 Å². The molecule has 0 saturated carbocycles. The van der Waals surface area contributed by atoms with Gasteiger partial charge in [0.25, 0.3) is 5.95 Å². The maximum Gasteiger partial charge on any atom is 0.250 e. The van der Waals surface area contributed by atoms with Gasteiger partial charge in [-0.3, -0.25) is 10.1 Å². The van der Waals surface area contributed by atoms with Gasteiger partial charge in [0.05, 0.1) is 0 Å². The number of carbonyl (C=O) groups excluding carboxylic acids is 1. The minimum atomic E-state index is -0.631. The number of aromatic nitrogens is 3. The van der Waals surface area contributed by atoms with E-state index in [0.717, 1.165) is 11.3 Å². The lowest BCUT2D eigenvalue weighted by Crippen LogP contribution is -2.21. The summed E-state index contributed by atoms with van der Waals surface area (Å²) in [5.74, 6) is 0.134. The third-order valence-corrected chi connectivity index (χ3v) is 5.02. The van der Waals surface area contributed by atoms with Crippen LogP contribution in [0.4, 0.5) is 16.3 Å². The number of halogens is 2. The highest BCUT2D eigenvalue weighted by Crippen LogP contribution is 2.37. The summed E-state index contributed by atoms with van der Waals surface area (Å²) >= 11 is 6.35. The average molecular weight is 426 g/mol. The zero-order valence-corrected chi connectivity index (χ0v) is 17.3. The first-order valence-corrected chi connectivity index (χ1v) is 10.0. The topological polar surface area (TPSA) is 71.8 Å². The Morgan fingerprint density at radius 1 is 1.23 bits per heavy atom. The van der Waals surface area contributed by atoms with Crippen molar-refractivity contribution in [2.24, 2.45) is 5.92 Å².